The Balaban J connectivity index is 1.92. The molecule has 0 bridgehead atoms. The maximum Gasteiger partial charge on any atom is 0.214 e. The van der Waals surface area contributed by atoms with Crippen molar-refractivity contribution in [3.63, 3.8) is 0 Å². The van der Waals surface area contributed by atoms with Crippen LogP contribution < -0.4 is 8.43 Å². The van der Waals surface area contributed by atoms with Crippen LogP contribution in [-0.4, -0.2) is 11.6 Å². The van der Waals surface area contributed by atoms with Crippen molar-refractivity contribution in [2.75, 3.05) is 8.43 Å². The molecule has 0 aromatic heterocycles. The minimum Gasteiger partial charge on any atom is -0.349 e. The maximum atomic E-state index is 13.0. The number of fused-ring (bicyclic) bond motifs is 2. The molecule has 0 spiro atoms. The summed E-state index contributed by atoms with van der Waals surface area (Å²) >= 11 is 15.2. The van der Waals surface area contributed by atoms with Gasteiger partial charge in [0.25, 0.3) is 0 Å². The number of nitrogens with one attached hydrogen (secondary N) is 1. The molecule has 0 unspecified atom stereocenters. The molecule has 8 heteroatoms. The van der Waals surface area contributed by atoms with Gasteiger partial charge in [0.2, 0.25) is 11.6 Å². The van der Waals surface area contributed by atoms with Gasteiger partial charge in [-0.25, -0.2) is 0 Å². The zero-order valence-electron chi connectivity index (χ0n) is 12.8. The molecule has 0 saturated heterocycles. The summed E-state index contributed by atoms with van der Waals surface area (Å²) in [6.45, 7) is 1.90. The number of carbonyl (C=O) groups is 2. The molecule has 0 atom stereocenters. The number of thiol groups is 3. The van der Waals surface area contributed by atoms with Gasteiger partial charge in [-0.15, -0.1) is 37.9 Å². The predicted octanol–water partition coefficient (Wildman–Crippen LogP) is 4.73. The molecule has 4 nitrogen and oxygen atoms in total. The number of anilines is 2. The summed E-state index contributed by atoms with van der Waals surface area (Å²) in [4.78, 5) is 27.8. The van der Waals surface area contributed by atoms with Crippen molar-refractivity contribution in [1.29, 1.82) is 0 Å². The highest BCUT2D eigenvalue weighted by molar-refractivity contribution is 14.1. The van der Waals surface area contributed by atoms with Crippen LogP contribution in [0.15, 0.2) is 50.3 Å². The number of benzene rings is 2. The fourth-order valence-corrected chi connectivity index (χ4v) is 5.36. The Bertz CT molecular complexity index is 1030. The van der Waals surface area contributed by atoms with Crippen molar-refractivity contribution in [1.82, 2.24) is 0 Å². The van der Waals surface area contributed by atoms with Crippen LogP contribution in [0.2, 0.25) is 0 Å². The minimum atomic E-state index is -0.225. The third-order valence-corrected chi connectivity index (χ3v) is 6.06. The van der Waals surface area contributed by atoms with Crippen LogP contribution in [0, 0.1) is 6.92 Å². The quantitative estimate of drug-likeness (QED) is 0.184. The number of hydrogen-bond donors (Lipinski definition) is 4. The van der Waals surface area contributed by atoms with Gasteiger partial charge < -0.3 is 5.32 Å². The molecule has 2 aromatic carbocycles. The first-order chi connectivity index (χ1) is 11.8. The monoisotopic (exact) mass is 498 g/mol. The summed E-state index contributed by atoms with van der Waals surface area (Å²) in [6.07, 6.45) is 0. The molecule has 2 aliphatic heterocycles. The number of rotatable bonds is 0. The summed E-state index contributed by atoms with van der Waals surface area (Å²) in [6, 6.07) is 7.14. The molecular weight excluding hydrogens is 487 g/mol. The van der Waals surface area contributed by atoms with E-state index in [9.17, 15) is 9.59 Å². The average Bonchev–Trinajstić information content (AvgIpc) is 2.96. The third kappa shape index (κ3) is 2.53. The van der Waals surface area contributed by atoms with Gasteiger partial charge in [-0.2, -0.15) is 0 Å². The van der Waals surface area contributed by atoms with E-state index < -0.39 is 0 Å². The molecule has 2 heterocycles. The van der Waals surface area contributed by atoms with Gasteiger partial charge in [0.05, 0.1) is 39.8 Å². The van der Waals surface area contributed by atoms with Crippen LogP contribution in [-0.2, 0) is 0 Å². The van der Waals surface area contributed by atoms with E-state index in [0.717, 1.165) is 5.56 Å². The number of halogens is 1. The Morgan fingerprint density at radius 2 is 1.68 bits per heavy atom. The van der Waals surface area contributed by atoms with E-state index in [2.05, 4.69) is 43.2 Å². The summed E-state index contributed by atoms with van der Waals surface area (Å²) < 4.78 is 1.68. The van der Waals surface area contributed by atoms with Gasteiger partial charge in [0.15, 0.2) is 0 Å². The van der Waals surface area contributed by atoms with E-state index in [0.29, 0.717) is 42.9 Å². The highest BCUT2D eigenvalue weighted by Gasteiger charge is 2.40. The van der Waals surface area contributed by atoms with Crippen LogP contribution in [0.5, 0.6) is 0 Å². The smallest absolute Gasteiger partial charge is 0.214 e. The summed E-state index contributed by atoms with van der Waals surface area (Å²) in [5.74, 6) is -0.435. The molecule has 2 aliphatic rings. The molecule has 0 fully saturated rings. The first-order valence-corrected chi connectivity index (χ1v) is 9.56. The van der Waals surface area contributed by atoms with Crippen molar-refractivity contribution < 1.29 is 9.59 Å². The summed E-state index contributed by atoms with van der Waals surface area (Å²) in [5.41, 5.74) is 3.83. The van der Waals surface area contributed by atoms with E-state index in [4.69, 9.17) is 0 Å². The molecule has 1 N–H and O–H groups in total. The number of carbonyl (C=O) groups excluding carboxylic acids is 2. The molecule has 0 aliphatic carbocycles. The van der Waals surface area contributed by atoms with Crippen LogP contribution in [0.1, 0.15) is 26.3 Å². The van der Waals surface area contributed by atoms with Crippen molar-refractivity contribution in [3.8, 4) is 0 Å². The van der Waals surface area contributed by atoms with E-state index >= 15 is 0 Å². The van der Waals surface area contributed by atoms with Gasteiger partial charge in [0.1, 0.15) is 11.4 Å². The number of allylic oxidation sites excluding steroid dienone is 2. The zero-order valence-corrected chi connectivity index (χ0v) is 17.6. The summed E-state index contributed by atoms with van der Waals surface area (Å²) in [5, 5.41) is 3.09. The second-order valence-corrected chi connectivity index (χ2v) is 8.30. The standard InChI is InChI=1S/C17H11IN2O2S3/c1-6-2-8-12(10(24)3-6)19-13(16(8)21)15-17(22)9-4-7(23)5-11(25)14(9)20(15)18/h2-5,19,23-25H,1H3/b15-13+. The Morgan fingerprint density at radius 3 is 2.40 bits per heavy atom. The summed E-state index contributed by atoms with van der Waals surface area (Å²) in [7, 11) is 0. The lowest BCUT2D eigenvalue weighted by molar-refractivity contribution is 0.101. The second kappa shape index (κ2) is 5.97. The number of hydrogen-bond acceptors (Lipinski definition) is 7. The number of Topliss-reactive ketones (excluding diaryl/α,β-unsaturated/α-hetero) is 2. The largest absolute Gasteiger partial charge is 0.349 e. The van der Waals surface area contributed by atoms with E-state index in [1.165, 1.54) is 0 Å². The Kier molecular flexibility index (Phi) is 4.13. The Labute approximate surface area is 174 Å². The molecule has 0 amide bonds. The van der Waals surface area contributed by atoms with Gasteiger partial charge in [-0.1, -0.05) is 0 Å². The van der Waals surface area contributed by atoms with Crippen LogP contribution in [0.4, 0.5) is 11.4 Å². The Morgan fingerprint density at radius 1 is 0.960 bits per heavy atom. The van der Waals surface area contributed by atoms with Gasteiger partial charge in [0, 0.05) is 20.2 Å². The lowest BCUT2D eigenvalue weighted by atomic mass is 10.1. The highest BCUT2D eigenvalue weighted by atomic mass is 127. The molecule has 0 radical (unpaired) electrons. The van der Waals surface area contributed by atoms with E-state index in [1.807, 2.05) is 35.9 Å². The minimum absolute atomic E-state index is 0.210. The average molecular weight is 498 g/mol. The number of aryl methyl sites for hydroxylation is 1. The third-order valence-electron chi connectivity index (χ3n) is 4.15. The van der Waals surface area contributed by atoms with E-state index in [-0.39, 0.29) is 17.3 Å². The molecule has 4 rings (SSSR count). The van der Waals surface area contributed by atoms with Gasteiger partial charge in [-0.3, -0.25) is 12.7 Å². The van der Waals surface area contributed by atoms with Crippen LogP contribution in [0.25, 0.3) is 0 Å². The van der Waals surface area contributed by atoms with Gasteiger partial charge >= 0.3 is 0 Å². The lowest BCUT2D eigenvalue weighted by Crippen LogP contribution is -2.17. The second-order valence-electron chi connectivity index (χ2n) is 5.86. The first-order valence-electron chi connectivity index (χ1n) is 7.25. The van der Waals surface area contributed by atoms with Crippen molar-refractivity contribution in [3.05, 3.63) is 52.3 Å². The normalized spacial score (nSPS) is 18.5. The number of ketones is 2. The van der Waals surface area contributed by atoms with Crippen molar-refractivity contribution in [2.24, 2.45) is 0 Å². The maximum absolute atomic E-state index is 13.0. The fourth-order valence-electron chi connectivity index (χ4n) is 3.08. The highest BCUT2D eigenvalue weighted by Crippen LogP contribution is 2.46. The van der Waals surface area contributed by atoms with Crippen molar-refractivity contribution >= 4 is 83.7 Å². The molecule has 2 aromatic rings. The van der Waals surface area contributed by atoms with Crippen LogP contribution in [0.3, 0.4) is 0 Å². The fraction of sp³-hybridized carbons (Fsp3) is 0.0588. The predicted molar refractivity (Wildman–Crippen MR) is 115 cm³/mol. The molecule has 126 valence electrons. The first kappa shape index (κ1) is 17.3. The lowest BCUT2D eigenvalue weighted by Gasteiger charge is -2.14. The number of nitrogens with zero attached hydrogens (tertiary/aromatic N) is 1. The Hall–Kier alpha value is -1.10. The topological polar surface area (TPSA) is 49.4 Å². The SMILES string of the molecule is Cc1cc(S)c2c(c1)C(=O)/C(=C1/C(=O)c3cc(S)cc(S)c3N1I)N2. The zero-order chi connectivity index (χ0) is 18.0. The molecule has 25 heavy (non-hydrogen) atoms. The van der Waals surface area contributed by atoms with Crippen molar-refractivity contribution in [2.45, 2.75) is 21.6 Å². The van der Waals surface area contributed by atoms with E-state index in [1.54, 1.807) is 21.3 Å². The van der Waals surface area contributed by atoms with Gasteiger partial charge in [-0.05, 0) is 36.8 Å². The van der Waals surface area contributed by atoms with Crippen LogP contribution >= 0.6 is 60.8 Å². The molecular formula is C17H11IN2O2S3. The molecule has 0 saturated carbocycles.